The maximum Gasteiger partial charge on any atom is 0.125 e. The van der Waals surface area contributed by atoms with Crippen LogP contribution in [0.1, 0.15) is 43.9 Å². The van der Waals surface area contributed by atoms with Crippen molar-refractivity contribution in [1.82, 2.24) is 4.98 Å². The third-order valence-corrected chi connectivity index (χ3v) is 2.66. The molecule has 1 heterocycles. The van der Waals surface area contributed by atoms with E-state index in [0.717, 1.165) is 24.3 Å². The highest BCUT2D eigenvalue weighted by atomic mass is 16.5. The fourth-order valence-corrected chi connectivity index (χ4v) is 1.59. The predicted octanol–water partition coefficient (Wildman–Crippen LogP) is 2.84. The lowest BCUT2D eigenvalue weighted by molar-refractivity contribution is 0.271. The predicted molar refractivity (Wildman–Crippen MR) is 64.5 cm³/mol. The van der Waals surface area contributed by atoms with Crippen molar-refractivity contribution in [2.45, 2.75) is 46.1 Å². The van der Waals surface area contributed by atoms with Crippen LogP contribution in [0, 0.1) is 6.92 Å². The molecule has 0 aliphatic heterocycles. The van der Waals surface area contributed by atoms with E-state index < -0.39 is 0 Å². The van der Waals surface area contributed by atoms with Gasteiger partial charge in [0, 0.05) is 11.8 Å². The van der Waals surface area contributed by atoms with Gasteiger partial charge in [0.25, 0.3) is 0 Å². The van der Waals surface area contributed by atoms with Gasteiger partial charge in [-0.2, -0.15) is 0 Å². The average molecular weight is 223 g/mol. The lowest BCUT2D eigenvalue weighted by Crippen LogP contribution is -2.02. The van der Waals surface area contributed by atoms with E-state index in [0.29, 0.717) is 5.69 Å². The number of hydrogen-bond acceptors (Lipinski definition) is 3. The van der Waals surface area contributed by atoms with Crippen LogP contribution >= 0.6 is 0 Å². The number of hydrogen-bond donors (Lipinski definition) is 1. The summed E-state index contributed by atoms with van der Waals surface area (Å²) in [5, 5.41) is 9.07. The van der Waals surface area contributed by atoms with Gasteiger partial charge in [-0.05, 0) is 19.4 Å². The lowest BCUT2D eigenvalue weighted by atomic mass is 10.2. The van der Waals surface area contributed by atoms with E-state index in [1.807, 2.05) is 13.0 Å². The Bertz CT molecular complexity index is 313. The summed E-state index contributed by atoms with van der Waals surface area (Å²) in [6.45, 7) is 4.84. The van der Waals surface area contributed by atoms with E-state index >= 15 is 0 Å². The molecule has 0 fully saturated rings. The van der Waals surface area contributed by atoms with Crippen molar-refractivity contribution < 1.29 is 9.84 Å². The van der Waals surface area contributed by atoms with Gasteiger partial charge in [0.15, 0.2) is 0 Å². The Kier molecular flexibility index (Phi) is 5.86. The normalized spacial score (nSPS) is 10.4. The van der Waals surface area contributed by atoms with Crippen LogP contribution in [0.3, 0.4) is 0 Å². The number of pyridine rings is 1. The molecule has 3 nitrogen and oxygen atoms in total. The second-order valence-electron chi connectivity index (χ2n) is 3.95. The summed E-state index contributed by atoms with van der Waals surface area (Å²) in [6, 6.07) is 1.86. The summed E-state index contributed by atoms with van der Waals surface area (Å²) >= 11 is 0. The summed E-state index contributed by atoms with van der Waals surface area (Å²) in [7, 11) is 0. The second kappa shape index (κ2) is 7.23. The molecule has 0 aromatic carbocycles. The van der Waals surface area contributed by atoms with Gasteiger partial charge >= 0.3 is 0 Å². The molecule has 0 spiro atoms. The van der Waals surface area contributed by atoms with E-state index in [1.165, 1.54) is 19.3 Å². The van der Waals surface area contributed by atoms with E-state index in [2.05, 4.69) is 11.9 Å². The summed E-state index contributed by atoms with van der Waals surface area (Å²) < 4.78 is 5.67. The average Bonchev–Trinajstić information content (AvgIpc) is 2.31. The minimum Gasteiger partial charge on any atom is -0.493 e. The molecular formula is C13H21NO2. The van der Waals surface area contributed by atoms with E-state index in [4.69, 9.17) is 9.84 Å². The van der Waals surface area contributed by atoms with Gasteiger partial charge in [-0.1, -0.05) is 26.2 Å². The number of aliphatic hydroxyl groups is 1. The Hall–Kier alpha value is -1.09. The van der Waals surface area contributed by atoms with Crippen LogP contribution in [0.15, 0.2) is 12.3 Å². The van der Waals surface area contributed by atoms with Crippen LogP contribution in [0.2, 0.25) is 0 Å². The third kappa shape index (κ3) is 3.81. The molecule has 3 heteroatoms. The van der Waals surface area contributed by atoms with Crippen LogP contribution in [-0.4, -0.2) is 16.7 Å². The highest BCUT2D eigenvalue weighted by Gasteiger charge is 2.04. The molecule has 90 valence electrons. The van der Waals surface area contributed by atoms with Crippen molar-refractivity contribution >= 4 is 0 Å². The molecule has 0 amide bonds. The number of ether oxygens (including phenoxy) is 1. The number of nitrogens with zero attached hydrogens (tertiary/aromatic N) is 1. The molecule has 0 atom stereocenters. The van der Waals surface area contributed by atoms with Crippen LogP contribution in [0.4, 0.5) is 0 Å². The molecule has 0 aliphatic rings. The summed E-state index contributed by atoms with van der Waals surface area (Å²) in [5.74, 6) is 0.843. The fraction of sp³-hybridized carbons (Fsp3) is 0.615. The Labute approximate surface area is 97.5 Å². The molecule has 16 heavy (non-hydrogen) atoms. The first-order valence-corrected chi connectivity index (χ1v) is 5.97. The van der Waals surface area contributed by atoms with Crippen LogP contribution < -0.4 is 4.74 Å². The Morgan fingerprint density at radius 3 is 2.81 bits per heavy atom. The molecule has 0 radical (unpaired) electrons. The molecule has 1 aromatic heterocycles. The largest absolute Gasteiger partial charge is 0.493 e. The molecular weight excluding hydrogens is 202 g/mol. The molecule has 1 aromatic rings. The molecule has 0 unspecified atom stereocenters. The molecule has 1 rings (SSSR count). The highest BCUT2D eigenvalue weighted by molar-refractivity contribution is 5.34. The van der Waals surface area contributed by atoms with Crippen LogP contribution in [-0.2, 0) is 6.61 Å². The second-order valence-corrected chi connectivity index (χ2v) is 3.95. The van der Waals surface area contributed by atoms with Crippen LogP contribution in [0.25, 0.3) is 0 Å². The zero-order valence-electron chi connectivity index (χ0n) is 10.2. The number of rotatable bonds is 7. The minimum absolute atomic E-state index is 0.0289. The maximum absolute atomic E-state index is 9.07. The lowest BCUT2D eigenvalue weighted by Gasteiger charge is -2.10. The fourth-order valence-electron chi connectivity index (χ4n) is 1.59. The number of aliphatic hydroxyl groups excluding tert-OH is 1. The first-order valence-electron chi connectivity index (χ1n) is 5.97. The quantitative estimate of drug-likeness (QED) is 0.723. The smallest absolute Gasteiger partial charge is 0.125 e. The molecule has 0 saturated heterocycles. The van der Waals surface area contributed by atoms with Gasteiger partial charge in [-0.25, -0.2) is 0 Å². The third-order valence-electron chi connectivity index (χ3n) is 2.66. The van der Waals surface area contributed by atoms with Crippen molar-refractivity contribution in [3.8, 4) is 5.75 Å². The van der Waals surface area contributed by atoms with Gasteiger partial charge in [0.1, 0.15) is 5.75 Å². The van der Waals surface area contributed by atoms with Crippen molar-refractivity contribution in [1.29, 1.82) is 0 Å². The van der Waals surface area contributed by atoms with Crippen molar-refractivity contribution in [2.75, 3.05) is 6.61 Å². The number of unbranched alkanes of at least 4 members (excludes halogenated alkanes) is 3. The zero-order valence-corrected chi connectivity index (χ0v) is 10.2. The Morgan fingerprint density at radius 2 is 2.12 bits per heavy atom. The highest BCUT2D eigenvalue weighted by Crippen LogP contribution is 2.19. The van der Waals surface area contributed by atoms with Crippen molar-refractivity contribution in [2.24, 2.45) is 0 Å². The molecule has 1 N–H and O–H groups in total. The summed E-state index contributed by atoms with van der Waals surface area (Å²) in [4.78, 5) is 4.09. The maximum atomic E-state index is 9.07. The van der Waals surface area contributed by atoms with Gasteiger partial charge < -0.3 is 9.84 Å². The SMILES string of the molecule is CCCCCCOc1ccnc(CO)c1C. The van der Waals surface area contributed by atoms with E-state index in [1.54, 1.807) is 6.20 Å². The Balaban J connectivity index is 2.41. The molecule has 0 bridgehead atoms. The van der Waals surface area contributed by atoms with Gasteiger partial charge in [0.2, 0.25) is 0 Å². The van der Waals surface area contributed by atoms with E-state index in [-0.39, 0.29) is 6.61 Å². The topological polar surface area (TPSA) is 42.4 Å². The Morgan fingerprint density at radius 1 is 1.31 bits per heavy atom. The van der Waals surface area contributed by atoms with Crippen molar-refractivity contribution in [3.05, 3.63) is 23.5 Å². The van der Waals surface area contributed by atoms with Gasteiger partial charge in [-0.15, -0.1) is 0 Å². The van der Waals surface area contributed by atoms with E-state index in [9.17, 15) is 0 Å². The van der Waals surface area contributed by atoms with Gasteiger partial charge in [0.05, 0.1) is 18.9 Å². The monoisotopic (exact) mass is 223 g/mol. The first kappa shape index (κ1) is 13.0. The van der Waals surface area contributed by atoms with Gasteiger partial charge in [-0.3, -0.25) is 4.98 Å². The molecule has 0 aliphatic carbocycles. The van der Waals surface area contributed by atoms with Crippen LogP contribution in [0.5, 0.6) is 5.75 Å². The first-order chi connectivity index (χ1) is 7.79. The molecule has 0 saturated carbocycles. The summed E-state index contributed by atoms with van der Waals surface area (Å²) in [5.41, 5.74) is 1.64. The van der Waals surface area contributed by atoms with Crippen molar-refractivity contribution in [3.63, 3.8) is 0 Å². The zero-order chi connectivity index (χ0) is 11.8. The minimum atomic E-state index is -0.0289. The standard InChI is InChI=1S/C13H21NO2/c1-3-4-5-6-9-16-13-7-8-14-12(10-15)11(13)2/h7-8,15H,3-6,9-10H2,1-2H3. The number of aromatic nitrogens is 1. The summed E-state index contributed by atoms with van der Waals surface area (Å²) in [6.07, 6.45) is 6.49.